The second kappa shape index (κ2) is 9.51. The van der Waals surface area contributed by atoms with Crippen molar-refractivity contribution in [3.8, 4) is 5.88 Å². The third kappa shape index (κ3) is 6.98. The van der Waals surface area contributed by atoms with Crippen LogP contribution in [0.1, 0.15) is 48.6 Å². The number of nitrogens with one attached hydrogen (secondary N) is 2. The highest BCUT2D eigenvalue weighted by atomic mass is 19.4. The number of rotatable bonds is 7. The van der Waals surface area contributed by atoms with E-state index in [0.717, 1.165) is 0 Å². The van der Waals surface area contributed by atoms with E-state index in [9.17, 15) is 22.8 Å². The molecule has 0 radical (unpaired) electrons. The number of carbonyl (C=O) groups excluding carboxylic acids is 2. The molecule has 0 bridgehead atoms. The summed E-state index contributed by atoms with van der Waals surface area (Å²) in [4.78, 5) is 36.3. The molecule has 0 saturated heterocycles. The van der Waals surface area contributed by atoms with Gasteiger partial charge in [-0.1, -0.05) is 19.9 Å². The number of alkyl halides is 3. The number of amides is 2. The first kappa shape index (κ1) is 23.0. The summed E-state index contributed by atoms with van der Waals surface area (Å²) in [6.45, 7) is 5.34. The zero-order valence-electron chi connectivity index (χ0n) is 16.9. The van der Waals surface area contributed by atoms with E-state index in [1.165, 1.54) is 24.4 Å². The Kier molecular flexibility index (Phi) is 7.30. The van der Waals surface area contributed by atoms with Crippen LogP contribution in [0.15, 0.2) is 24.4 Å². The Morgan fingerprint density at radius 3 is 2.43 bits per heavy atom. The summed E-state index contributed by atoms with van der Waals surface area (Å²) >= 11 is 0. The van der Waals surface area contributed by atoms with E-state index >= 15 is 0 Å². The molecular formula is C19H22F3N5O3. The Hall–Kier alpha value is -3.24. The lowest BCUT2D eigenvalue weighted by atomic mass is 10.1. The van der Waals surface area contributed by atoms with E-state index in [-0.39, 0.29) is 29.3 Å². The first-order valence-corrected chi connectivity index (χ1v) is 9.07. The molecule has 0 spiro atoms. The number of carbonyl (C=O) groups is 2. The molecule has 1 unspecified atom stereocenters. The Morgan fingerprint density at radius 2 is 1.87 bits per heavy atom. The average Bonchev–Trinajstić information content (AvgIpc) is 2.65. The molecular weight excluding hydrogens is 403 g/mol. The summed E-state index contributed by atoms with van der Waals surface area (Å²) < 4.78 is 41.1. The molecule has 0 aliphatic heterocycles. The van der Waals surface area contributed by atoms with Crippen LogP contribution in [-0.4, -0.2) is 39.5 Å². The average molecular weight is 425 g/mol. The minimum absolute atomic E-state index is 0.0272. The van der Waals surface area contributed by atoms with E-state index in [4.69, 9.17) is 0 Å². The topological polar surface area (TPSA) is 106 Å². The van der Waals surface area contributed by atoms with Gasteiger partial charge in [0, 0.05) is 23.9 Å². The molecule has 0 fully saturated rings. The van der Waals surface area contributed by atoms with Crippen LogP contribution in [0, 0.1) is 12.8 Å². The quantitative estimate of drug-likeness (QED) is 0.706. The summed E-state index contributed by atoms with van der Waals surface area (Å²) in [5.41, 5.74) is 1.11. The highest BCUT2D eigenvalue weighted by Gasteiger charge is 2.28. The van der Waals surface area contributed by atoms with Gasteiger partial charge < -0.3 is 10.1 Å². The number of aromatic nitrogens is 3. The number of nitrogens with zero attached hydrogens (tertiary/aromatic N) is 3. The zero-order chi connectivity index (χ0) is 22.5. The number of hydrogen-bond acceptors (Lipinski definition) is 6. The molecule has 2 amide bonds. The van der Waals surface area contributed by atoms with Gasteiger partial charge in [0.25, 0.3) is 5.91 Å². The molecule has 2 aromatic rings. The Bertz CT molecular complexity index is 901. The molecule has 0 aliphatic carbocycles. The minimum Gasteiger partial charge on any atom is -0.468 e. The van der Waals surface area contributed by atoms with Crippen LogP contribution in [0.3, 0.4) is 0 Å². The largest absolute Gasteiger partial charge is 0.468 e. The van der Waals surface area contributed by atoms with Crippen molar-refractivity contribution in [2.75, 3.05) is 11.9 Å². The molecule has 0 saturated carbocycles. The van der Waals surface area contributed by atoms with Crippen molar-refractivity contribution in [3.05, 3.63) is 41.3 Å². The molecule has 2 N–H and O–H groups in total. The van der Waals surface area contributed by atoms with Gasteiger partial charge in [-0.05, 0) is 25.5 Å². The maximum Gasteiger partial charge on any atom is 0.422 e. The number of ether oxygens (including phenoxy) is 1. The second-order valence-corrected chi connectivity index (χ2v) is 6.89. The predicted molar refractivity (Wildman–Crippen MR) is 102 cm³/mol. The van der Waals surface area contributed by atoms with Crippen molar-refractivity contribution in [2.24, 2.45) is 5.92 Å². The first-order valence-electron chi connectivity index (χ1n) is 9.07. The van der Waals surface area contributed by atoms with Gasteiger partial charge in [0.2, 0.25) is 17.7 Å². The predicted octanol–water partition coefficient (Wildman–Crippen LogP) is 3.21. The van der Waals surface area contributed by atoms with E-state index in [1.807, 2.05) is 0 Å². The lowest BCUT2D eigenvalue weighted by Gasteiger charge is -2.15. The van der Waals surface area contributed by atoms with Gasteiger partial charge >= 0.3 is 6.18 Å². The summed E-state index contributed by atoms with van der Waals surface area (Å²) in [6, 6.07) is 3.76. The van der Waals surface area contributed by atoms with Crippen molar-refractivity contribution in [3.63, 3.8) is 0 Å². The Labute approximate surface area is 171 Å². The van der Waals surface area contributed by atoms with Crippen LogP contribution >= 0.6 is 0 Å². The maximum absolute atomic E-state index is 12.5. The molecule has 8 nitrogen and oxygen atoms in total. The highest BCUT2D eigenvalue weighted by molar-refractivity contribution is 5.94. The molecule has 2 rings (SSSR count). The van der Waals surface area contributed by atoms with Crippen LogP contribution in [0.2, 0.25) is 0 Å². The number of hydrogen-bond donors (Lipinski definition) is 2. The third-order valence-corrected chi connectivity index (χ3v) is 3.84. The van der Waals surface area contributed by atoms with Crippen LogP contribution < -0.4 is 15.4 Å². The van der Waals surface area contributed by atoms with Gasteiger partial charge in [-0.15, -0.1) is 0 Å². The lowest BCUT2D eigenvalue weighted by Crippen LogP contribution is -2.28. The molecule has 2 heterocycles. The van der Waals surface area contributed by atoms with Crippen LogP contribution in [0.4, 0.5) is 19.1 Å². The number of anilines is 1. The fourth-order valence-corrected chi connectivity index (χ4v) is 2.24. The fraction of sp³-hybridized carbons (Fsp3) is 0.421. The SMILES string of the molecule is Cc1cc(C(=O)NC(C)c2ccc(OCC(F)(F)F)nc2)nc(NC(=O)C(C)C)n1. The highest BCUT2D eigenvalue weighted by Crippen LogP contribution is 2.19. The zero-order valence-corrected chi connectivity index (χ0v) is 16.9. The summed E-state index contributed by atoms with van der Waals surface area (Å²) in [5, 5.41) is 5.26. The van der Waals surface area contributed by atoms with Gasteiger partial charge in [0.05, 0.1) is 6.04 Å². The summed E-state index contributed by atoms with van der Waals surface area (Å²) in [7, 11) is 0. The van der Waals surface area contributed by atoms with Crippen molar-refractivity contribution < 1.29 is 27.5 Å². The Balaban J connectivity index is 2.04. The number of aryl methyl sites for hydroxylation is 1. The van der Waals surface area contributed by atoms with Crippen LogP contribution in [0.5, 0.6) is 5.88 Å². The van der Waals surface area contributed by atoms with Crippen LogP contribution in [0.25, 0.3) is 0 Å². The molecule has 2 aromatic heterocycles. The van der Waals surface area contributed by atoms with Gasteiger partial charge in [-0.2, -0.15) is 13.2 Å². The summed E-state index contributed by atoms with van der Waals surface area (Å²) in [6.07, 6.45) is -3.14. The van der Waals surface area contributed by atoms with Gasteiger partial charge in [0.15, 0.2) is 6.61 Å². The molecule has 0 aliphatic rings. The van der Waals surface area contributed by atoms with Crippen molar-refractivity contribution in [2.45, 2.75) is 39.9 Å². The molecule has 0 aromatic carbocycles. The normalized spacial score (nSPS) is 12.4. The maximum atomic E-state index is 12.5. The molecule has 30 heavy (non-hydrogen) atoms. The fourth-order valence-electron chi connectivity index (χ4n) is 2.24. The molecule has 11 heteroatoms. The van der Waals surface area contributed by atoms with Crippen molar-refractivity contribution >= 4 is 17.8 Å². The minimum atomic E-state index is -4.45. The molecule has 1 atom stereocenters. The van der Waals surface area contributed by atoms with Gasteiger partial charge in [-0.3, -0.25) is 14.9 Å². The number of pyridine rings is 1. The standard InChI is InChI=1S/C19H22F3N5O3/c1-10(2)16(28)27-18-24-11(3)7-14(26-18)17(29)25-12(4)13-5-6-15(23-8-13)30-9-19(20,21)22/h5-8,10,12H,9H2,1-4H3,(H,25,29)(H,24,26,27,28). The molecule has 162 valence electrons. The van der Waals surface area contributed by atoms with Crippen LogP contribution in [-0.2, 0) is 4.79 Å². The van der Waals surface area contributed by atoms with Gasteiger partial charge in [0.1, 0.15) is 5.69 Å². The first-order chi connectivity index (χ1) is 13.9. The van der Waals surface area contributed by atoms with Crippen molar-refractivity contribution in [1.29, 1.82) is 0 Å². The monoisotopic (exact) mass is 425 g/mol. The second-order valence-electron chi connectivity index (χ2n) is 6.89. The number of halogens is 3. The van der Waals surface area contributed by atoms with E-state index < -0.39 is 24.7 Å². The van der Waals surface area contributed by atoms with E-state index in [0.29, 0.717) is 11.3 Å². The smallest absolute Gasteiger partial charge is 0.422 e. The van der Waals surface area contributed by atoms with Crippen molar-refractivity contribution in [1.82, 2.24) is 20.3 Å². The van der Waals surface area contributed by atoms with E-state index in [1.54, 1.807) is 27.7 Å². The Morgan fingerprint density at radius 1 is 1.17 bits per heavy atom. The third-order valence-electron chi connectivity index (χ3n) is 3.84. The lowest BCUT2D eigenvalue weighted by molar-refractivity contribution is -0.154. The van der Waals surface area contributed by atoms with E-state index in [2.05, 4.69) is 30.3 Å². The summed E-state index contributed by atoms with van der Waals surface area (Å²) in [5.74, 6) is -1.21. The van der Waals surface area contributed by atoms with Gasteiger partial charge in [-0.25, -0.2) is 15.0 Å².